The molecule has 0 N–H and O–H groups in total. The largest absolute Gasteiger partial charge is 0.309 e. The number of pyridine rings is 1. The predicted octanol–water partition coefficient (Wildman–Crippen LogP) is 7.26. The minimum atomic E-state index is 0.558. The Morgan fingerprint density at radius 3 is 2.20 bits per heavy atom. The fraction of sp³-hybridized carbons (Fsp3) is 0. The lowest BCUT2D eigenvalue weighted by Gasteiger charge is -2.14. The van der Waals surface area contributed by atoms with Crippen molar-refractivity contribution in [3.8, 4) is 40.2 Å². The third-order valence-corrected chi connectivity index (χ3v) is 6.34. The molecule has 4 aromatic carbocycles. The summed E-state index contributed by atoms with van der Waals surface area (Å²) in [7, 11) is 0. The minimum absolute atomic E-state index is 0.558. The highest BCUT2D eigenvalue weighted by molar-refractivity contribution is 6.10. The Morgan fingerprint density at radius 2 is 1.37 bits per heavy atom. The first-order valence-electron chi connectivity index (χ1n) is 11.3. The van der Waals surface area contributed by atoms with E-state index in [1.807, 2.05) is 54.6 Å². The van der Waals surface area contributed by atoms with E-state index in [1.165, 1.54) is 0 Å². The smallest absolute Gasteiger partial charge is 0.101 e. The normalized spacial score (nSPS) is 10.8. The maximum absolute atomic E-state index is 9.45. The number of rotatable bonds is 3. The molecule has 0 bridgehead atoms. The van der Waals surface area contributed by atoms with Crippen LogP contribution in [0.1, 0.15) is 11.1 Å². The van der Waals surface area contributed by atoms with Crippen molar-refractivity contribution in [1.82, 2.24) is 9.55 Å². The number of benzene rings is 4. The van der Waals surface area contributed by atoms with Gasteiger partial charge in [-0.3, -0.25) is 4.98 Å². The lowest BCUT2D eigenvalue weighted by molar-refractivity contribution is 1.18. The van der Waals surface area contributed by atoms with Gasteiger partial charge in [-0.2, -0.15) is 10.5 Å². The highest BCUT2D eigenvalue weighted by Gasteiger charge is 2.16. The number of fused-ring (bicyclic) bond motifs is 3. The molecule has 35 heavy (non-hydrogen) atoms. The van der Waals surface area contributed by atoms with Crippen molar-refractivity contribution >= 4 is 21.8 Å². The molecule has 0 unspecified atom stereocenters. The third-order valence-electron chi connectivity index (χ3n) is 6.34. The molecule has 0 fully saturated rings. The van der Waals surface area contributed by atoms with Gasteiger partial charge >= 0.3 is 0 Å². The van der Waals surface area contributed by atoms with E-state index in [2.05, 4.69) is 58.1 Å². The number of aromatic nitrogens is 2. The van der Waals surface area contributed by atoms with Gasteiger partial charge in [-0.25, -0.2) is 0 Å². The van der Waals surface area contributed by atoms with E-state index in [1.54, 1.807) is 18.3 Å². The zero-order chi connectivity index (χ0) is 23.8. The van der Waals surface area contributed by atoms with E-state index >= 15 is 0 Å². The molecule has 0 saturated carbocycles. The molecule has 6 rings (SSSR count). The molecule has 162 valence electrons. The highest BCUT2D eigenvalue weighted by atomic mass is 15.0. The van der Waals surface area contributed by atoms with Crippen LogP contribution < -0.4 is 0 Å². The molecule has 0 aliphatic carbocycles. The van der Waals surface area contributed by atoms with E-state index in [0.717, 1.165) is 44.2 Å². The Morgan fingerprint density at radius 1 is 0.629 bits per heavy atom. The van der Waals surface area contributed by atoms with Crippen LogP contribution in [0, 0.1) is 22.7 Å². The van der Waals surface area contributed by atoms with Crippen LogP contribution in [0.2, 0.25) is 0 Å². The van der Waals surface area contributed by atoms with Crippen LogP contribution in [0.4, 0.5) is 0 Å². The van der Waals surface area contributed by atoms with Crippen LogP contribution in [0.15, 0.2) is 109 Å². The Bertz CT molecular complexity index is 1810. The molecule has 0 atom stereocenters. The van der Waals surface area contributed by atoms with Crippen molar-refractivity contribution < 1.29 is 0 Å². The maximum Gasteiger partial charge on any atom is 0.101 e. The molecule has 0 spiro atoms. The molecule has 2 aromatic heterocycles. The van der Waals surface area contributed by atoms with Crippen molar-refractivity contribution in [2.75, 3.05) is 0 Å². The average Bonchev–Trinajstić information content (AvgIpc) is 3.26. The molecule has 0 amide bonds. The Labute approximate surface area is 202 Å². The summed E-state index contributed by atoms with van der Waals surface area (Å²) in [4.78, 5) is 4.41. The first-order valence-corrected chi connectivity index (χ1v) is 11.3. The van der Waals surface area contributed by atoms with Gasteiger partial charge in [-0.15, -0.1) is 0 Å². The summed E-state index contributed by atoms with van der Waals surface area (Å²) in [6.07, 6.45) is 1.71. The van der Waals surface area contributed by atoms with Gasteiger partial charge in [0.15, 0.2) is 0 Å². The monoisotopic (exact) mass is 446 g/mol. The SMILES string of the molecule is N#Cc1ccc2c(c1)c1ccccc1n2-c1ccccc1-c1ccc(-c2ncccc2C#N)cc1. The number of nitriles is 2. The quantitative estimate of drug-likeness (QED) is 0.287. The maximum atomic E-state index is 9.45. The first-order chi connectivity index (χ1) is 17.3. The van der Waals surface area contributed by atoms with Gasteiger partial charge in [0, 0.05) is 28.1 Å². The van der Waals surface area contributed by atoms with Gasteiger partial charge < -0.3 is 4.57 Å². The lowest BCUT2D eigenvalue weighted by atomic mass is 9.99. The first kappa shape index (κ1) is 20.4. The Kier molecular flexibility index (Phi) is 4.84. The molecule has 2 heterocycles. The van der Waals surface area contributed by atoms with Crippen molar-refractivity contribution in [2.24, 2.45) is 0 Å². The van der Waals surface area contributed by atoms with E-state index < -0.39 is 0 Å². The summed E-state index contributed by atoms with van der Waals surface area (Å²) in [5.74, 6) is 0. The van der Waals surface area contributed by atoms with Crippen LogP contribution >= 0.6 is 0 Å². The summed E-state index contributed by atoms with van der Waals surface area (Å²) in [5.41, 5.74) is 8.17. The predicted molar refractivity (Wildman–Crippen MR) is 139 cm³/mol. The van der Waals surface area contributed by atoms with Gasteiger partial charge in [0.1, 0.15) is 6.07 Å². The van der Waals surface area contributed by atoms with Gasteiger partial charge in [-0.05, 0) is 48.0 Å². The number of hydrogen-bond donors (Lipinski definition) is 0. The molecule has 0 aliphatic heterocycles. The Hall–Kier alpha value is -5.19. The molecule has 6 aromatic rings. The van der Waals surface area contributed by atoms with Gasteiger partial charge in [0.25, 0.3) is 0 Å². The second-order valence-electron chi connectivity index (χ2n) is 8.30. The van der Waals surface area contributed by atoms with E-state index in [-0.39, 0.29) is 0 Å². The number of para-hydroxylation sites is 2. The molecule has 0 saturated heterocycles. The fourth-order valence-corrected chi connectivity index (χ4v) is 4.75. The van der Waals surface area contributed by atoms with Crippen molar-refractivity contribution in [2.45, 2.75) is 0 Å². The zero-order valence-electron chi connectivity index (χ0n) is 18.7. The molecular formula is C31H18N4. The van der Waals surface area contributed by atoms with Crippen LogP contribution in [0.25, 0.3) is 49.9 Å². The number of nitrogens with zero attached hydrogens (tertiary/aromatic N) is 4. The van der Waals surface area contributed by atoms with Crippen LogP contribution in [-0.4, -0.2) is 9.55 Å². The van der Waals surface area contributed by atoms with Gasteiger partial charge in [0.2, 0.25) is 0 Å². The highest BCUT2D eigenvalue weighted by Crippen LogP contribution is 2.37. The van der Waals surface area contributed by atoms with Crippen molar-refractivity contribution in [3.05, 3.63) is 120 Å². The topological polar surface area (TPSA) is 65.4 Å². The van der Waals surface area contributed by atoms with E-state index in [0.29, 0.717) is 16.8 Å². The molecule has 0 radical (unpaired) electrons. The summed E-state index contributed by atoms with van der Waals surface area (Å²) in [6.45, 7) is 0. The standard InChI is InChI=1S/C31H18N4/c32-19-21-11-16-30-27(18-21)26-8-2-4-10-29(26)35(30)28-9-3-1-7-25(28)22-12-14-23(15-13-22)31-24(20-33)6-5-17-34-31/h1-18H. The van der Waals surface area contributed by atoms with E-state index in [4.69, 9.17) is 0 Å². The van der Waals surface area contributed by atoms with Crippen LogP contribution in [-0.2, 0) is 0 Å². The van der Waals surface area contributed by atoms with Gasteiger partial charge in [-0.1, -0.05) is 60.7 Å². The van der Waals surface area contributed by atoms with Crippen molar-refractivity contribution in [1.29, 1.82) is 10.5 Å². The fourth-order valence-electron chi connectivity index (χ4n) is 4.75. The average molecular weight is 447 g/mol. The lowest BCUT2D eigenvalue weighted by Crippen LogP contribution is -1.97. The third kappa shape index (κ3) is 3.33. The minimum Gasteiger partial charge on any atom is -0.309 e. The Balaban J connectivity index is 1.55. The number of hydrogen-bond acceptors (Lipinski definition) is 3. The summed E-state index contributed by atoms with van der Waals surface area (Å²) < 4.78 is 2.27. The summed E-state index contributed by atoms with van der Waals surface area (Å²) in [6, 6.07) is 38.7. The van der Waals surface area contributed by atoms with Crippen molar-refractivity contribution in [3.63, 3.8) is 0 Å². The second-order valence-corrected chi connectivity index (χ2v) is 8.30. The molecule has 0 aliphatic rings. The second kappa shape index (κ2) is 8.30. The van der Waals surface area contributed by atoms with Crippen LogP contribution in [0.5, 0.6) is 0 Å². The summed E-state index contributed by atoms with van der Waals surface area (Å²) >= 11 is 0. The molecule has 4 heteroatoms. The van der Waals surface area contributed by atoms with E-state index in [9.17, 15) is 10.5 Å². The van der Waals surface area contributed by atoms with Gasteiger partial charge in [0.05, 0.1) is 39.6 Å². The molecule has 4 nitrogen and oxygen atoms in total. The molecular weight excluding hydrogens is 428 g/mol. The van der Waals surface area contributed by atoms with Crippen LogP contribution in [0.3, 0.4) is 0 Å². The zero-order valence-corrected chi connectivity index (χ0v) is 18.7. The summed E-state index contributed by atoms with van der Waals surface area (Å²) in [5, 5.41) is 21.1.